The molecule has 1 aromatic carbocycles. The van der Waals surface area contributed by atoms with Crippen molar-refractivity contribution in [2.75, 3.05) is 5.32 Å². The van der Waals surface area contributed by atoms with Gasteiger partial charge in [0.25, 0.3) is 5.56 Å². The van der Waals surface area contributed by atoms with Gasteiger partial charge in [0.2, 0.25) is 5.91 Å². The molecule has 6 nitrogen and oxygen atoms in total. The number of nitrogens with one attached hydrogen (secondary N) is 2. The minimum Gasteiger partial charge on any atom is -0.327 e. The number of carbonyl (C=O) groups excluding carboxylic acids is 1. The minimum atomic E-state index is -0.172. The number of amides is 1. The predicted octanol–water partition coefficient (Wildman–Crippen LogP) is 2.31. The van der Waals surface area contributed by atoms with Crippen LogP contribution in [0.15, 0.2) is 35.1 Å². The molecule has 2 fully saturated rings. The molecular formula is C20H24N4O2. The zero-order chi connectivity index (χ0) is 18.3. The summed E-state index contributed by atoms with van der Waals surface area (Å²) in [6, 6.07) is 8.89. The Balaban J connectivity index is 1.56. The highest BCUT2D eigenvalue weighted by Crippen LogP contribution is 2.47. The maximum absolute atomic E-state index is 12.8. The molecule has 6 heteroatoms. The van der Waals surface area contributed by atoms with E-state index in [1.165, 1.54) is 6.07 Å². The smallest absolute Gasteiger partial charge is 0.251 e. The fourth-order valence-electron chi connectivity index (χ4n) is 4.52. The quantitative estimate of drug-likeness (QED) is 0.786. The van der Waals surface area contributed by atoms with Crippen LogP contribution >= 0.6 is 0 Å². The van der Waals surface area contributed by atoms with Crippen molar-refractivity contribution in [2.24, 2.45) is 23.5 Å². The summed E-state index contributed by atoms with van der Waals surface area (Å²) in [5.41, 5.74) is 8.32. The number of anilines is 1. The fraction of sp³-hybridized carbons (Fsp3) is 0.450. The number of aromatic nitrogens is 2. The lowest BCUT2D eigenvalue weighted by molar-refractivity contribution is -0.121. The summed E-state index contributed by atoms with van der Waals surface area (Å²) in [5, 5.41) is 3.01. The van der Waals surface area contributed by atoms with Crippen LogP contribution in [0, 0.1) is 17.8 Å². The lowest BCUT2D eigenvalue weighted by atomic mass is 9.84. The molecule has 4 N–H and O–H groups in total. The van der Waals surface area contributed by atoms with Gasteiger partial charge in [-0.2, -0.15) is 0 Å². The standard InChI is InChI=1S/C20H24N4O2/c1-2-14-10-16(25)24-19(22-14)13-4-3-5-15(9-13)23-20(26)17-11-6-7-12(8-11)18(17)21/h3-5,9-12,17-18H,2,6-8,21H2,1H3,(H,23,26)(H,22,24,25). The highest BCUT2D eigenvalue weighted by Gasteiger charge is 2.49. The summed E-state index contributed by atoms with van der Waals surface area (Å²) >= 11 is 0. The first kappa shape index (κ1) is 17.0. The first-order chi connectivity index (χ1) is 12.5. The number of H-pyrrole nitrogens is 1. The zero-order valence-corrected chi connectivity index (χ0v) is 14.9. The highest BCUT2D eigenvalue weighted by atomic mass is 16.2. The minimum absolute atomic E-state index is 0.00520. The lowest BCUT2D eigenvalue weighted by Gasteiger charge is -2.27. The van der Waals surface area contributed by atoms with E-state index in [2.05, 4.69) is 15.3 Å². The first-order valence-electron chi connectivity index (χ1n) is 9.32. The number of rotatable bonds is 4. The van der Waals surface area contributed by atoms with Crippen LogP contribution in [-0.2, 0) is 11.2 Å². The summed E-state index contributed by atoms with van der Waals surface area (Å²) in [5.74, 6) is 1.33. The predicted molar refractivity (Wildman–Crippen MR) is 101 cm³/mol. The van der Waals surface area contributed by atoms with Gasteiger partial charge in [-0.1, -0.05) is 19.1 Å². The third kappa shape index (κ3) is 3.05. The van der Waals surface area contributed by atoms with E-state index in [0.29, 0.717) is 29.8 Å². The Morgan fingerprint density at radius 1 is 1.31 bits per heavy atom. The van der Waals surface area contributed by atoms with E-state index in [1.54, 1.807) is 0 Å². The summed E-state index contributed by atoms with van der Waals surface area (Å²) in [4.78, 5) is 31.8. The van der Waals surface area contributed by atoms with Gasteiger partial charge in [-0.05, 0) is 49.7 Å². The summed E-state index contributed by atoms with van der Waals surface area (Å²) in [7, 11) is 0. The van der Waals surface area contributed by atoms with Gasteiger partial charge in [0.05, 0.1) is 5.92 Å². The third-order valence-corrected chi connectivity index (χ3v) is 5.84. The Labute approximate surface area is 152 Å². The van der Waals surface area contributed by atoms with Crippen molar-refractivity contribution >= 4 is 11.6 Å². The average molecular weight is 352 g/mol. The van der Waals surface area contributed by atoms with Crippen LogP contribution in [0.1, 0.15) is 31.9 Å². The van der Waals surface area contributed by atoms with Crippen molar-refractivity contribution in [2.45, 2.75) is 38.6 Å². The molecule has 4 atom stereocenters. The molecule has 26 heavy (non-hydrogen) atoms. The number of hydrogen-bond donors (Lipinski definition) is 3. The van der Waals surface area contributed by atoms with Crippen LogP contribution in [0.4, 0.5) is 5.69 Å². The van der Waals surface area contributed by atoms with Gasteiger partial charge in [-0.25, -0.2) is 4.98 Å². The number of aromatic amines is 1. The first-order valence-corrected chi connectivity index (χ1v) is 9.32. The van der Waals surface area contributed by atoms with E-state index in [1.807, 2.05) is 31.2 Å². The molecule has 136 valence electrons. The van der Waals surface area contributed by atoms with Gasteiger partial charge in [-0.15, -0.1) is 0 Å². The summed E-state index contributed by atoms with van der Waals surface area (Å²) in [6.07, 6.45) is 4.02. The molecular weight excluding hydrogens is 328 g/mol. The SMILES string of the molecule is CCc1cc(=O)[nH]c(-c2cccc(NC(=O)C3C4CCC(C4)C3N)c2)n1. The average Bonchev–Trinajstić information content (AvgIpc) is 3.22. The molecule has 2 aromatic rings. The monoisotopic (exact) mass is 352 g/mol. The normalized spacial score (nSPS) is 26.8. The van der Waals surface area contributed by atoms with Gasteiger partial charge in [-0.3, -0.25) is 9.59 Å². The highest BCUT2D eigenvalue weighted by molar-refractivity contribution is 5.94. The van der Waals surface area contributed by atoms with Crippen LogP contribution in [0.25, 0.3) is 11.4 Å². The Morgan fingerprint density at radius 3 is 2.85 bits per heavy atom. The summed E-state index contributed by atoms with van der Waals surface area (Å²) < 4.78 is 0. The van der Waals surface area contributed by atoms with Crippen molar-refractivity contribution in [3.05, 3.63) is 46.4 Å². The molecule has 0 spiro atoms. The molecule has 2 saturated carbocycles. The molecule has 0 saturated heterocycles. The largest absolute Gasteiger partial charge is 0.327 e. The zero-order valence-electron chi connectivity index (χ0n) is 14.9. The molecule has 2 aliphatic carbocycles. The Kier molecular flexibility index (Phi) is 4.36. The van der Waals surface area contributed by atoms with Crippen LogP contribution < -0.4 is 16.6 Å². The van der Waals surface area contributed by atoms with Crippen molar-refractivity contribution in [1.82, 2.24) is 9.97 Å². The van der Waals surface area contributed by atoms with E-state index in [4.69, 9.17) is 5.73 Å². The maximum Gasteiger partial charge on any atom is 0.251 e. The number of fused-ring (bicyclic) bond motifs is 2. The van der Waals surface area contributed by atoms with E-state index < -0.39 is 0 Å². The number of carbonyl (C=O) groups is 1. The Hall–Kier alpha value is -2.47. The van der Waals surface area contributed by atoms with E-state index >= 15 is 0 Å². The number of aryl methyl sites for hydroxylation is 1. The Morgan fingerprint density at radius 2 is 2.12 bits per heavy atom. The molecule has 2 aliphatic rings. The van der Waals surface area contributed by atoms with Crippen molar-refractivity contribution in [3.8, 4) is 11.4 Å². The number of hydrogen-bond acceptors (Lipinski definition) is 4. The number of nitrogens with two attached hydrogens (primary N) is 1. The fourth-order valence-corrected chi connectivity index (χ4v) is 4.52. The van der Waals surface area contributed by atoms with Gasteiger partial charge < -0.3 is 16.0 Å². The number of benzene rings is 1. The molecule has 4 unspecified atom stereocenters. The van der Waals surface area contributed by atoms with Crippen molar-refractivity contribution in [1.29, 1.82) is 0 Å². The second kappa shape index (κ2) is 6.68. The van der Waals surface area contributed by atoms with E-state index in [-0.39, 0.29) is 23.4 Å². The van der Waals surface area contributed by atoms with Gasteiger partial charge >= 0.3 is 0 Å². The topological polar surface area (TPSA) is 101 Å². The van der Waals surface area contributed by atoms with E-state index in [0.717, 1.165) is 30.5 Å². The van der Waals surface area contributed by atoms with E-state index in [9.17, 15) is 9.59 Å². The Bertz CT molecular complexity index is 889. The lowest BCUT2D eigenvalue weighted by Crippen LogP contribution is -2.42. The van der Waals surface area contributed by atoms with Gasteiger partial charge in [0.1, 0.15) is 5.82 Å². The summed E-state index contributed by atoms with van der Waals surface area (Å²) in [6.45, 7) is 1.96. The third-order valence-electron chi connectivity index (χ3n) is 5.84. The maximum atomic E-state index is 12.8. The van der Waals surface area contributed by atoms with Crippen LogP contribution in [0.5, 0.6) is 0 Å². The molecule has 0 radical (unpaired) electrons. The molecule has 0 aliphatic heterocycles. The van der Waals surface area contributed by atoms with Crippen LogP contribution in [-0.4, -0.2) is 21.9 Å². The molecule has 1 aromatic heterocycles. The molecule has 1 heterocycles. The van der Waals surface area contributed by atoms with Crippen LogP contribution in [0.2, 0.25) is 0 Å². The second-order valence-electron chi connectivity index (χ2n) is 7.45. The number of nitrogens with zero attached hydrogens (tertiary/aromatic N) is 1. The van der Waals surface area contributed by atoms with Crippen molar-refractivity contribution in [3.63, 3.8) is 0 Å². The van der Waals surface area contributed by atoms with Crippen molar-refractivity contribution < 1.29 is 4.79 Å². The van der Waals surface area contributed by atoms with Gasteiger partial charge in [0, 0.05) is 29.1 Å². The van der Waals surface area contributed by atoms with Gasteiger partial charge in [0.15, 0.2) is 0 Å². The molecule has 1 amide bonds. The second-order valence-corrected chi connectivity index (χ2v) is 7.45. The molecule has 4 rings (SSSR count). The van der Waals surface area contributed by atoms with Crippen LogP contribution in [0.3, 0.4) is 0 Å². The molecule has 2 bridgehead atoms.